The molecule has 0 aliphatic rings. The highest BCUT2D eigenvalue weighted by atomic mass is 19.1. The molecule has 0 saturated heterocycles. The van der Waals surface area contributed by atoms with Crippen molar-refractivity contribution in [1.29, 1.82) is 0 Å². The average molecular weight is 348 g/mol. The summed E-state index contributed by atoms with van der Waals surface area (Å²) in [7, 11) is 1.51. The molecule has 5 nitrogen and oxygen atoms in total. The Labute approximate surface area is 144 Å². The third kappa shape index (κ3) is 4.53. The van der Waals surface area contributed by atoms with Gasteiger partial charge in [-0.05, 0) is 49.4 Å². The average Bonchev–Trinajstić information content (AvgIpc) is 2.60. The molecule has 2 aromatic carbocycles. The van der Waals surface area contributed by atoms with Crippen molar-refractivity contribution in [2.45, 2.75) is 13.0 Å². The maximum absolute atomic E-state index is 13.9. The monoisotopic (exact) mass is 348 g/mol. The van der Waals surface area contributed by atoms with Gasteiger partial charge in [0, 0.05) is 18.2 Å². The Morgan fingerprint density at radius 3 is 2.40 bits per heavy atom. The Morgan fingerprint density at radius 2 is 1.80 bits per heavy atom. The third-order valence-corrected chi connectivity index (χ3v) is 3.79. The number of amides is 2. The molecule has 0 aliphatic heterocycles. The molecule has 0 aromatic heterocycles. The molecular weight excluding hydrogens is 330 g/mol. The highest BCUT2D eigenvalue weighted by molar-refractivity contribution is 5.94. The summed E-state index contributed by atoms with van der Waals surface area (Å²) in [5.74, 6) is -1.73. The molecule has 0 radical (unpaired) electrons. The fourth-order valence-corrected chi connectivity index (χ4v) is 2.27. The SMILES string of the molecule is CC(c1cc(F)ccc1F)N(C)C(=O)c1ccc(OCC(N)=O)cc1. The number of rotatable bonds is 6. The van der Waals surface area contributed by atoms with Crippen molar-refractivity contribution in [2.75, 3.05) is 13.7 Å². The Kier molecular flexibility index (Phi) is 5.69. The molecule has 1 atom stereocenters. The quantitative estimate of drug-likeness (QED) is 0.872. The van der Waals surface area contributed by atoms with Crippen LogP contribution in [0.3, 0.4) is 0 Å². The zero-order chi connectivity index (χ0) is 18.6. The van der Waals surface area contributed by atoms with Gasteiger partial charge in [-0.1, -0.05) is 0 Å². The van der Waals surface area contributed by atoms with Crippen molar-refractivity contribution in [2.24, 2.45) is 5.73 Å². The highest BCUT2D eigenvalue weighted by Crippen LogP contribution is 2.24. The van der Waals surface area contributed by atoms with E-state index in [1.165, 1.54) is 36.2 Å². The van der Waals surface area contributed by atoms with Gasteiger partial charge in [0.2, 0.25) is 0 Å². The fourth-order valence-electron chi connectivity index (χ4n) is 2.27. The molecule has 2 N–H and O–H groups in total. The van der Waals surface area contributed by atoms with Gasteiger partial charge in [0.05, 0.1) is 6.04 Å². The number of benzene rings is 2. The van der Waals surface area contributed by atoms with Crippen LogP contribution in [0.5, 0.6) is 5.75 Å². The van der Waals surface area contributed by atoms with Gasteiger partial charge in [-0.25, -0.2) is 8.78 Å². The first-order valence-electron chi connectivity index (χ1n) is 7.53. The Hall–Kier alpha value is -2.96. The molecule has 132 valence electrons. The minimum atomic E-state index is -0.658. The van der Waals surface area contributed by atoms with Gasteiger partial charge in [-0.3, -0.25) is 9.59 Å². The summed E-state index contributed by atoms with van der Waals surface area (Å²) in [5, 5.41) is 0. The predicted molar refractivity (Wildman–Crippen MR) is 88.0 cm³/mol. The van der Waals surface area contributed by atoms with Crippen LogP contribution in [0.2, 0.25) is 0 Å². The molecule has 25 heavy (non-hydrogen) atoms. The van der Waals surface area contributed by atoms with Crippen molar-refractivity contribution in [3.05, 3.63) is 65.2 Å². The van der Waals surface area contributed by atoms with Crippen LogP contribution in [0, 0.1) is 11.6 Å². The van der Waals surface area contributed by atoms with E-state index < -0.39 is 23.6 Å². The minimum Gasteiger partial charge on any atom is -0.484 e. The first-order chi connectivity index (χ1) is 11.8. The number of carbonyl (C=O) groups is 2. The second-order valence-electron chi connectivity index (χ2n) is 5.54. The van der Waals surface area contributed by atoms with E-state index >= 15 is 0 Å². The van der Waals surface area contributed by atoms with Gasteiger partial charge in [0.1, 0.15) is 17.4 Å². The van der Waals surface area contributed by atoms with Crippen molar-refractivity contribution in [3.8, 4) is 5.75 Å². The van der Waals surface area contributed by atoms with Gasteiger partial charge >= 0.3 is 0 Å². The third-order valence-electron chi connectivity index (χ3n) is 3.79. The summed E-state index contributed by atoms with van der Waals surface area (Å²) in [4.78, 5) is 24.5. The van der Waals surface area contributed by atoms with Crippen molar-refractivity contribution < 1.29 is 23.1 Å². The van der Waals surface area contributed by atoms with Crippen LogP contribution in [-0.4, -0.2) is 30.4 Å². The summed E-state index contributed by atoms with van der Waals surface area (Å²) < 4.78 is 32.4. The van der Waals surface area contributed by atoms with Crippen LogP contribution in [-0.2, 0) is 4.79 Å². The summed E-state index contributed by atoms with van der Waals surface area (Å²) in [5.41, 5.74) is 5.43. The van der Waals surface area contributed by atoms with Crippen LogP contribution in [0.15, 0.2) is 42.5 Å². The predicted octanol–water partition coefficient (Wildman–Crippen LogP) is 2.66. The Morgan fingerprint density at radius 1 is 1.16 bits per heavy atom. The van der Waals surface area contributed by atoms with Crippen LogP contribution >= 0.6 is 0 Å². The topological polar surface area (TPSA) is 72.6 Å². The standard InChI is InChI=1S/C18H18F2N2O3/c1-11(15-9-13(19)5-8-16(15)20)22(2)18(24)12-3-6-14(7-4-12)25-10-17(21)23/h3-9,11H,10H2,1-2H3,(H2,21,23). The van der Waals surface area contributed by atoms with E-state index in [4.69, 9.17) is 10.5 Å². The zero-order valence-electron chi connectivity index (χ0n) is 13.8. The first-order valence-corrected chi connectivity index (χ1v) is 7.53. The van der Waals surface area contributed by atoms with Gasteiger partial charge in [0.15, 0.2) is 6.61 Å². The van der Waals surface area contributed by atoms with E-state index in [1.54, 1.807) is 6.92 Å². The Bertz CT molecular complexity index is 778. The second kappa shape index (κ2) is 7.74. The molecule has 1 unspecified atom stereocenters. The Balaban J connectivity index is 2.13. The zero-order valence-corrected chi connectivity index (χ0v) is 13.8. The summed E-state index contributed by atoms with van der Waals surface area (Å²) in [6.07, 6.45) is 0. The van der Waals surface area contributed by atoms with Crippen LogP contribution < -0.4 is 10.5 Å². The number of hydrogen-bond donors (Lipinski definition) is 1. The molecule has 0 heterocycles. The van der Waals surface area contributed by atoms with E-state index in [-0.39, 0.29) is 18.1 Å². The van der Waals surface area contributed by atoms with Gasteiger partial charge in [0.25, 0.3) is 11.8 Å². The van der Waals surface area contributed by atoms with E-state index in [1.807, 2.05) is 0 Å². The summed E-state index contributed by atoms with van der Waals surface area (Å²) >= 11 is 0. The van der Waals surface area contributed by atoms with Crippen molar-refractivity contribution >= 4 is 11.8 Å². The second-order valence-corrected chi connectivity index (χ2v) is 5.54. The number of carbonyl (C=O) groups excluding carboxylic acids is 2. The number of halogens is 2. The summed E-state index contributed by atoms with van der Waals surface area (Å²) in [6.45, 7) is 1.35. The first kappa shape index (κ1) is 18.4. The number of nitrogens with zero attached hydrogens (tertiary/aromatic N) is 1. The largest absolute Gasteiger partial charge is 0.484 e. The number of nitrogens with two attached hydrogens (primary N) is 1. The maximum Gasteiger partial charge on any atom is 0.255 e. The molecule has 7 heteroatoms. The molecule has 2 rings (SSSR count). The van der Waals surface area contributed by atoms with Gasteiger partial charge in [-0.2, -0.15) is 0 Å². The lowest BCUT2D eigenvalue weighted by molar-refractivity contribution is -0.119. The van der Waals surface area contributed by atoms with Gasteiger partial charge in [-0.15, -0.1) is 0 Å². The molecular formula is C18H18F2N2O3. The van der Waals surface area contributed by atoms with E-state index in [9.17, 15) is 18.4 Å². The van der Waals surface area contributed by atoms with E-state index in [0.29, 0.717) is 11.3 Å². The van der Waals surface area contributed by atoms with Gasteiger partial charge < -0.3 is 15.4 Å². The fraction of sp³-hybridized carbons (Fsp3) is 0.222. The van der Waals surface area contributed by atoms with Crippen LogP contribution in [0.1, 0.15) is 28.9 Å². The smallest absolute Gasteiger partial charge is 0.255 e. The normalized spacial score (nSPS) is 11.7. The van der Waals surface area contributed by atoms with Crippen LogP contribution in [0.4, 0.5) is 8.78 Å². The van der Waals surface area contributed by atoms with E-state index in [2.05, 4.69) is 0 Å². The molecule has 0 fully saturated rings. The molecule has 2 aromatic rings. The minimum absolute atomic E-state index is 0.0947. The van der Waals surface area contributed by atoms with Crippen molar-refractivity contribution in [1.82, 2.24) is 4.90 Å². The molecule has 0 aliphatic carbocycles. The molecule has 0 spiro atoms. The lowest BCUT2D eigenvalue weighted by Crippen LogP contribution is -2.30. The highest BCUT2D eigenvalue weighted by Gasteiger charge is 2.22. The number of primary amides is 1. The number of hydrogen-bond acceptors (Lipinski definition) is 3. The lowest BCUT2D eigenvalue weighted by Gasteiger charge is -2.26. The molecule has 0 bridgehead atoms. The van der Waals surface area contributed by atoms with Crippen LogP contribution in [0.25, 0.3) is 0 Å². The van der Waals surface area contributed by atoms with Crippen molar-refractivity contribution in [3.63, 3.8) is 0 Å². The molecule has 2 amide bonds. The van der Waals surface area contributed by atoms with E-state index in [0.717, 1.165) is 18.2 Å². The molecule has 0 saturated carbocycles. The maximum atomic E-state index is 13.9. The number of ether oxygens (including phenoxy) is 1. The lowest BCUT2D eigenvalue weighted by atomic mass is 10.1. The summed E-state index contributed by atoms with van der Waals surface area (Å²) in [6, 6.07) is 8.56.